The second-order valence-corrected chi connectivity index (χ2v) is 9.35. The number of anilines is 1. The zero-order valence-corrected chi connectivity index (χ0v) is 20.3. The lowest BCUT2D eigenvalue weighted by molar-refractivity contribution is -0.116. The molecule has 0 saturated heterocycles. The van der Waals surface area contributed by atoms with Crippen LogP contribution in [0.3, 0.4) is 0 Å². The van der Waals surface area contributed by atoms with Crippen LogP contribution in [0.15, 0.2) is 70.4 Å². The summed E-state index contributed by atoms with van der Waals surface area (Å²) in [6, 6.07) is 16.7. The summed E-state index contributed by atoms with van der Waals surface area (Å²) in [6.07, 6.45) is 1.96. The zero-order chi connectivity index (χ0) is 24.1. The number of benzene rings is 2. The van der Waals surface area contributed by atoms with E-state index in [4.69, 9.17) is 16.3 Å². The van der Waals surface area contributed by atoms with Crippen LogP contribution in [0.1, 0.15) is 37.7 Å². The van der Waals surface area contributed by atoms with Crippen molar-refractivity contribution in [3.63, 3.8) is 0 Å². The molecular weight excluding hydrogens is 470 g/mol. The van der Waals surface area contributed by atoms with Gasteiger partial charge < -0.3 is 15.4 Å². The number of carbonyl (C=O) groups is 2. The lowest BCUT2D eigenvalue weighted by Crippen LogP contribution is -2.31. The highest BCUT2D eigenvalue weighted by Crippen LogP contribution is 2.44. The van der Waals surface area contributed by atoms with Gasteiger partial charge in [0, 0.05) is 28.4 Å². The number of ketones is 1. The second kappa shape index (κ2) is 10.8. The molecule has 0 radical (unpaired) electrons. The predicted molar refractivity (Wildman–Crippen MR) is 135 cm³/mol. The van der Waals surface area contributed by atoms with Gasteiger partial charge in [-0.25, -0.2) is 0 Å². The number of ether oxygens (including phenoxy) is 1. The van der Waals surface area contributed by atoms with Gasteiger partial charge in [0.1, 0.15) is 5.75 Å². The third-order valence-electron chi connectivity index (χ3n) is 5.66. The molecule has 1 atom stereocenters. The Bertz CT molecular complexity index is 1200. The Labute approximate surface area is 208 Å². The van der Waals surface area contributed by atoms with E-state index < -0.39 is 5.92 Å². The normalized spacial score (nSPS) is 17.6. The Morgan fingerprint density at radius 3 is 2.62 bits per heavy atom. The highest BCUT2D eigenvalue weighted by molar-refractivity contribution is 8.03. The fourth-order valence-electron chi connectivity index (χ4n) is 4.16. The van der Waals surface area contributed by atoms with E-state index >= 15 is 0 Å². The van der Waals surface area contributed by atoms with Crippen LogP contribution in [0.4, 0.5) is 5.69 Å². The number of thioether (sulfide) groups is 1. The number of rotatable bonds is 7. The van der Waals surface area contributed by atoms with E-state index in [9.17, 15) is 14.9 Å². The number of Topliss-reactive ketones (excluding diaryl/α,β-unsaturated/α-hetero) is 1. The molecule has 2 N–H and O–H groups in total. The highest BCUT2D eigenvalue weighted by Gasteiger charge is 2.37. The quantitative estimate of drug-likeness (QED) is 0.526. The molecule has 2 aliphatic rings. The Morgan fingerprint density at radius 2 is 1.94 bits per heavy atom. The molecule has 1 amide bonds. The first-order valence-electron chi connectivity index (χ1n) is 11.1. The molecule has 1 aliphatic heterocycles. The largest absolute Gasteiger partial charge is 0.494 e. The molecule has 4 rings (SSSR count). The van der Waals surface area contributed by atoms with E-state index in [0.717, 1.165) is 29.9 Å². The van der Waals surface area contributed by atoms with Crippen LogP contribution < -0.4 is 15.4 Å². The molecule has 34 heavy (non-hydrogen) atoms. The first kappa shape index (κ1) is 23.9. The number of halogens is 1. The number of dihydropyridines is 1. The van der Waals surface area contributed by atoms with Crippen molar-refractivity contribution in [3.05, 3.63) is 81.0 Å². The molecule has 0 fully saturated rings. The molecule has 2 aromatic rings. The van der Waals surface area contributed by atoms with Crippen LogP contribution in [-0.4, -0.2) is 24.1 Å². The molecule has 2 aromatic carbocycles. The maximum absolute atomic E-state index is 12.8. The number of hydrogen-bond donors (Lipinski definition) is 2. The van der Waals surface area contributed by atoms with Crippen LogP contribution in [0.25, 0.3) is 0 Å². The zero-order valence-electron chi connectivity index (χ0n) is 18.7. The molecule has 1 heterocycles. The maximum Gasteiger partial charge on any atom is 0.234 e. The van der Waals surface area contributed by atoms with Gasteiger partial charge in [0.15, 0.2) is 5.78 Å². The average Bonchev–Trinajstić information content (AvgIpc) is 2.84. The van der Waals surface area contributed by atoms with Gasteiger partial charge in [-0.2, -0.15) is 5.26 Å². The minimum Gasteiger partial charge on any atom is -0.494 e. The van der Waals surface area contributed by atoms with Crippen LogP contribution in [-0.2, 0) is 9.59 Å². The minimum atomic E-state index is -0.469. The van der Waals surface area contributed by atoms with Crippen molar-refractivity contribution in [1.82, 2.24) is 5.32 Å². The molecule has 0 spiro atoms. The van der Waals surface area contributed by atoms with E-state index in [1.54, 1.807) is 36.4 Å². The lowest BCUT2D eigenvalue weighted by Gasteiger charge is -2.33. The van der Waals surface area contributed by atoms with Crippen LogP contribution in [0.5, 0.6) is 5.75 Å². The summed E-state index contributed by atoms with van der Waals surface area (Å²) in [5.74, 6) is 0.249. The van der Waals surface area contributed by atoms with Crippen LogP contribution in [0, 0.1) is 11.3 Å². The molecule has 174 valence electrons. The summed E-state index contributed by atoms with van der Waals surface area (Å²) < 4.78 is 5.42. The van der Waals surface area contributed by atoms with Gasteiger partial charge in [-0.3, -0.25) is 9.59 Å². The number of allylic oxidation sites excluding steroid dienone is 3. The van der Waals surface area contributed by atoms with Crippen molar-refractivity contribution in [2.24, 2.45) is 0 Å². The van der Waals surface area contributed by atoms with Crippen molar-refractivity contribution in [1.29, 1.82) is 5.26 Å². The first-order valence-corrected chi connectivity index (χ1v) is 12.4. The van der Waals surface area contributed by atoms with Gasteiger partial charge in [-0.1, -0.05) is 35.5 Å². The Balaban J connectivity index is 1.54. The number of nitrogens with one attached hydrogen (secondary N) is 2. The van der Waals surface area contributed by atoms with Crippen molar-refractivity contribution in [2.75, 3.05) is 17.7 Å². The molecule has 0 unspecified atom stereocenters. The van der Waals surface area contributed by atoms with Crippen molar-refractivity contribution in [3.8, 4) is 11.8 Å². The van der Waals surface area contributed by atoms with Crippen LogP contribution in [0.2, 0.25) is 5.02 Å². The van der Waals surface area contributed by atoms with Crippen molar-refractivity contribution in [2.45, 2.75) is 32.1 Å². The highest BCUT2D eigenvalue weighted by atomic mass is 35.5. The molecule has 8 heteroatoms. The van der Waals surface area contributed by atoms with Crippen LogP contribution >= 0.6 is 23.4 Å². The van der Waals surface area contributed by atoms with Gasteiger partial charge >= 0.3 is 0 Å². The molecule has 1 aliphatic carbocycles. The number of carbonyl (C=O) groups excluding carboxylic acids is 2. The molecule has 0 bridgehead atoms. The van der Waals surface area contributed by atoms with Gasteiger partial charge in [0.25, 0.3) is 0 Å². The second-order valence-electron chi connectivity index (χ2n) is 7.93. The summed E-state index contributed by atoms with van der Waals surface area (Å²) in [6.45, 7) is 2.49. The van der Waals surface area contributed by atoms with Crippen molar-refractivity contribution < 1.29 is 14.3 Å². The molecule has 6 nitrogen and oxygen atoms in total. The summed E-state index contributed by atoms with van der Waals surface area (Å²) in [7, 11) is 0. The van der Waals surface area contributed by atoms with Gasteiger partial charge in [0.05, 0.1) is 34.9 Å². The lowest BCUT2D eigenvalue weighted by atomic mass is 9.77. The van der Waals surface area contributed by atoms with E-state index in [0.29, 0.717) is 39.9 Å². The molecule has 0 aromatic heterocycles. The number of nitrogens with zero attached hydrogens (tertiary/aromatic N) is 1. The predicted octanol–water partition coefficient (Wildman–Crippen LogP) is 5.54. The summed E-state index contributed by atoms with van der Waals surface area (Å²) in [5, 5.41) is 17.4. The van der Waals surface area contributed by atoms with Gasteiger partial charge in [-0.15, -0.1) is 0 Å². The number of hydrogen-bond acceptors (Lipinski definition) is 6. The van der Waals surface area contributed by atoms with E-state index in [2.05, 4.69) is 16.7 Å². The molecular formula is C26H24ClN3O3S. The fraction of sp³-hybridized carbons (Fsp3) is 0.269. The topological polar surface area (TPSA) is 91.2 Å². The summed E-state index contributed by atoms with van der Waals surface area (Å²) >= 11 is 7.33. The fourth-order valence-corrected chi connectivity index (χ4v) is 5.15. The number of amides is 1. The van der Waals surface area contributed by atoms with E-state index in [-0.39, 0.29) is 17.4 Å². The minimum absolute atomic E-state index is 0.0544. The SMILES string of the molecule is CCOc1ccc(NC(=O)CSC2=C(C#N)[C@@H](c3ccc(Cl)cc3)C3=C(CCCC3=O)N2)cc1. The Hall–Kier alpha value is -3.21. The van der Waals surface area contributed by atoms with E-state index in [1.807, 2.05) is 19.1 Å². The maximum atomic E-state index is 12.8. The number of nitriles is 1. The third kappa shape index (κ3) is 5.30. The Kier molecular flexibility index (Phi) is 7.61. The average molecular weight is 494 g/mol. The third-order valence-corrected chi connectivity index (χ3v) is 6.93. The Morgan fingerprint density at radius 1 is 1.21 bits per heavy atom. The summed E-state index contributed by atoms with van der Waals surface area (Å²) in [4.78, 5) is 25.5. The molecule has 0 saturated carbocycles. The smallest absolute Gasteiger partial charge is 0.234 e. The van der Waals surface area contributed by atoms with Crippen molar-refractivity contribution >= 4 is 40.7 Å². The van der Waals surface area contributed by atoms with Gasteiger partial charge in [-0.05, 0) is 61.7 Å². The summed E-state index contributed by atoms with van der Waals surface area (Å²) in [5.41, 5.74) is 3.43. The van der Waals surface area contributed by atoms with Gasteiger partial charge in [0.2, 0.25) is 5.91 Å². The first-order chi connectivity index (χ1) is 16.5. The monoisotopic (exact) mass is 493 g/mol. The standard InChI is InChI=1S/C26H24ClN3O3S/c1-2-33-19-12-10-18(11-13-19)29-23(32)15-34-26-20(14-28)24(16-6-8-17(27)9-7-16)25-21(30-26)4-3-5-22(25)31/h6-13,24,30H,2-5,15H2,1H3,(H,29,32)/t24-/m1/s1. The van der Waals surface area contributed by atoms with E-state index in [1.165, 1.54) is 11.8 Å².